The summed E-state index contributed by atoms with van der Waals surface area (Å²) in [6.07, 6.45) is 5.90. The highest BCUT2D eigenvalue weighted by molar-refractivity contribution is 7.67. The van der Waals surface area contributed by atoms with Crippen molar-refractivity contribution >= 4 is 43.5 Å². The van der Waals surface area contributed by atoms with Gasteiger partial charge in [-0.05, 0) is 66.8 Å². The van der Waals surface area contributed by atoms with E-state index in [1.807, 2.05) is 24.3 Å². The first-order valence-electron chi connectivity index (χ1n) is 15.0. The standard InChI is InChI=1S/C30H41N3O10P2/c1-19(34)32-25(16-20-14-15-27(44(37,38)39)28(17-20)45(40,41)42)30(36)33(43-18-22-10-3-6-12-24(22)29(31)35)26-13-7-4-9-21-8-2-5-11-23(21)26/h2,5,8,11,14-15,17,22,24-26H,3-4,6-7,9-10,12-13,16,18H2,1H3,(H2,31,35)(H,32,34)(H2,37,38,39)(H2,40,41,42). The summed E-state index contributed by atoms with van der Waals surface area (Å²) in [7, 11) is -10.2. The topological polar surface area (TPSA) is 217 Å². The second-order valence-electron chi connectivity index (χ2n) is 11.8. The Morgan fingerprint density at radius 3 is 2.29 bits per heavy atom. The van der Waals surface area contributed by atoms with E-state index in [0.717, 1.165) is 55.4 Å². The fourth-order valence-corrected chi connectivity index (χ4v) is 8.53. The molecule has 3 amide bonds. The third kappa shape index (κ3) is 8.89. The van der Waals surface area contributed by atoms with E-state index in [2.05, 4.69) is 5.32 Å². The minimum atomic E-state index is -5.13. The Kier molecular flexibility index (Phi) is 11.4. The number of hydrogen-bond donors (Lipinski definition) is 6. The Hall–Kier alpha value is -2.89. The van der Waals surface area contributed by atoms with Gasteiger partial charge in [0.2, 0.25) is 11.8 Å². The molecule has 4 rings (SSSR count). The maximum Gasteiger partial charge on any atom is 0.357 e. The van der Waals surface area contributed by atoms with Gasteiger partial charge in [0.25, 0.3) is 5.91 Å². The van der Waals surface area contributed by atoms with Crippen LogP contribution in [0.25, 0.3) is 0 Å². The summed E-state index contributed by atoms with van der Waals surface area (Å²) in [5.41, 5.74) is 7.80. The molecule has 0 bridgehead atoms. The van der Waals surface area contributed by atoms with E-state index in [-0.39, 0.29) is 24.5 Å². The fourth-order valence-electron chi connectivity index (χ4n) is 6.41. The van der Waals surface area contributed by atoms with Gasteiger partial charge in [0, 0.05) is 19.3 Å². The van der Waals surface area contributed by atoms with Crippen molar-refractivity contribution in [2.75, 3.05) is 6.61 Å². The summed E-state index contributed by atoms with van der Waals surface area (Å²) in [6.45, 7) is 1.27. The Bertz CT molecular complexity index is 1510. The summed E-state index contributed by atoms with van der Waals surface area (Å²) in [5.74, 6) is -2.19. The predicted octanol–water partition coefficient (Wildman–Crippen LogP) is 1.86. The van der Waals surface area contributed by atoms with Crippen molar-refractivity contribution in [2.45, 2.75) is 76.8 Å². The van der Waals surface area contributed by atoms with E-state index >= 15 is 0 Å². The molecule has 0 heterocycles. The molecule has 13 nitrogen and oxygen atoms in total. The number of hydroxylamine groups is 2. The Balaban J connectivity index is 1.72. The Morgan fingerprint density at radius 1 is 0.956 bits per heavy atom. The minimum absolute atomic E-state index is 0.0458. The van der Waals surface area contributed by atoms with Crippen LogP contribution in [-0.4, -0.2) is 55.0 Å². The monoisotopic (exact) mass is 665 g/mol. The fraction of sp³-hybridized carbons (Fsp3) is 0.500. The average molecular weight is 666 g/mol. The van der Waals surface area contributed by atoms with Crippen LogP contribution in [-0.2, 0) is 41.2 Å². The molecule has 0 radical (unpaired) electrons. The van der Waals surface area contributed by atoms with Crippen molar-refractivity contribution in [1.82, 2.24) is 10.4 Å². The lowest BCUT2D eigenvalue weighted by atomic mass is 9.79. The Morgan fingerprint density at radius 2 is 1.62 bits per heavy atom. The average Bonchev–Trinajstić information content (AvgIpc) is 3.18. The molecule has 2 aliphatic carbocycles. The van der Waals surface area contributed by atoms with Crippen LogP contribution in [0.15, 0.2) is 42.5 Å². The quantitative estimate of drug-likeness (QED) is 0.116. The zero-order chi connectivity index (χ0) is 32.9. The molecule has 0 spiro atoms. The number of hydrogen-bond acceptors (Lipinski definition) is 6. The number of rotatable bonds is 11. The molecule has 2 aromatic rings. The third-order valence-corrected chi connectivity index (χ3v) is 10.8. The van der Waals surface area contributed by atoms with Gasteiger partial charge in [-0.15, -0.1) is 0 Å². The van der Waals surface area contributed by atoms with Gasteiger partial charge in [-0.3, -0.25) is 28.4 Å². The van der Waals surface area contributed by atoms with Gasteiger partial charge in [-0.2, -0.15) is 0 Å². The van der Waals surface area contributed by atoms with Crippen LogP contribution in [0.1, 0.15) is 74.6 Å². The molecule has 2 aliphatic rings. The molecule has 7 N–H and O–H groups in total. The van der Waals surface area contributed by atoms with Gasteiger partial charge in [0.15, 0.2) is 0 Å². The second-order valence-corrected chi connectivity index (χ2v) is 15.0. The van der Waals surface area contributed by atoms with Crippen LogP contribution in [0.2, 0.25) is 0 Å². The van der Waals surface area contributed by atoms with E-state index in [1.165, 1.54) is 18.1 Å². The molecule has 15 heteroatoms. The number of nitrogens with two attached hydrogens (primary N) is 1. The highest BCUT2D eigenvalue weighted by Crippen LogP contribution is 2.41. The molecule has 4 unspecified atom stereocenters. The minimum Gasteiger partial charge on any atom is -0.369 e. The zero-order valence-electron chi connectivity index (χ0n) is 25.1. The summed E-state index contributed by atoms with van der Waals surface area (Å²) >= 11 is 0. The maximum atomic E-state index is 14.4. The normalized spacial score (nSPS) is 21.2. The molecule has 246 valence electrons. The van der Waals surface area contributed by atoms with E-state index < -0.39 is 61.5 Å². The third-order valence-electron chi connectivity index (χ3n) is 8.57. The van der Waals surface area contributed by atoms with Crippen molar-refractivity contribution in [1.29, 1.82) is 0 Å². The molecule has 0 aromatic heterocycles. The number of amides is 3. The smallest absolute Gasteiger partial charge is 0.357 e. The predicted molar refractivity (Wildman–Crippen MR) is 165 cm³/mol. The van der Waals surface area contributed by atoms with Crippen molar-refractivity contribution < 1.29 is 47.9 Å². The van der Waals surface area contributed by atoms with Crippen molar-refractivity contribution in [2.24, 2.45) is 17.6 Å². The highest BCUT2D eigenvalue weighted by atomic mass is 31.2. The molecule has 0 aliphatic heterocycles. The number of aryl methyl sites for hydroxylation is 1. The molecule has 1 saturated carbocycles. The second kappa shape index (κ2) is 14.7. The van der Waals surface area contributed by atoms with Crippen molar-refractivity contribution in [3.05, 3.63) is 59.2 Å². The lowest BCUT2D eigenvalue weighted by Gasteiger charge is -2.36. The number of nitrogens with one attached hydrogen (secondary N) is 1. The number of nitrogens with zero attached hydrogens (tertiary/aromatic N) is 1. The first kappa shape index (κ1) is 35.0. The lowest BCUT2D eigenvalue weighted by Crippen LogP contribution is -2.51. The molecular weight excluding hydrogens is 624 g/mol. The SMILES string of the molecule is CC(=O)NC(Cc1ccc(P(=O)(O)O)c(P(=O)(O)O)c1)C(=O)N(OCC1CCCCC1C(N)=O)C1CCCCc2ccccc21. The molecule has 0 saturated heterocycles. The first-order chi connectivity index (χ1) is 21.2. The molecule has 45 heavy (non-hydrogen) atoms. The van der Waals surface area contributed by atoms with Crippen LogP contribution in [0.4, 0.5) is 0 Å². The zero-order valence-corrected chi connectivity index (χ0v) is 26.9. The van der Waals surface area contributed by atoms with E-state index in [9.17, 15) is 43.1 Å². The van der Waals surface area contributed by atoms with E-state index in [1.54, 1.807) is 0 Å². The van der Waals surface area contributed by atoms with Gasteiger partial charge in [0.1, 0.15) is 6.04 Å². The molecule has 2 aromatic carbocycles. The van der Waals surface area contributed by atoms with Crippen molar-refractivity contribution in [3.8, 4) is 0 Å². The largest absolute Gasteiger partial charge is 0.369 e. The summed E-state index contributed by atoms with van der Waals surface area (Å²) < 4.78 is 24.1. The Labute approximate surface area is 261 Å². The van der Waals surface area contributed by atoms with Gasteiger partial charge < -0.3 is 30.6 Å². The number of carbonyl (C=O) groups excluding carboxylic acids is 3. The lowest BCUT2D eigenvalue weighted by molar-refractivity contribution is -0.212. The maximum absolute atomic E-state index is 14.4. The van der Waals surface area contributed by atoms with Crippen LogP contribution in [0, 0.1) is 11.8 Å². The van der Waals surface area contributed by atoms with Crippen LogP contribution in [0.5, 0.6) is 0 Å². The summed E-state index contributed by atoms with van der Waals surface area (Å²) in [6, 6.07) is 9.07. The molecule has 4 atom stereocenters. The van der Waals surface area contributed by atoms with Gasteiger partial charge >= 0.3 is 15.2 Å². The summed E-state index contributed by atoms with van der Waals surface area (Å²) in [4.78, 5) is 84.3. The van der Waals surface area contributed by atoms with Gasteiger partial charge in [0.05, 0.1) is 23.3 Å². The van der Waals surface area contributed by atoms with Crippen LogP contribution < -0.4 is 21.7 Å². The summed E-state index contributed by atoms with van der Waals surface area (Å²) in [5, 5.41) is 2.21. The highest BCUT2D eigenvalue weighted by Gasteiger charge is 2.37. The van der Waals surface area contributed by atoms with Gasteiger partial charge in [-0.1, -0.05) is 49.6 Å². The molecular formula is C30H41N3O10P2. The van der Waals surface area contributed by atoms with E-state index in [0.29, 0.717) is 19.3 Å². The van der Waals surface area contributed by atoms with E-state index in [4.69, 9.17) is 10.6 Å². The molecule has 1 fully saturated rings. The first-order valence-corrected chi connectivity index (χ1v) is 18.2. The van der Waals surface area contributed by atoms with Crippen LogP contribution >= 0.6 is 15.2 Å². The van der Waals surface area contributed by atoms with Crippen molar-refractivity contribution in [3.63, 3.8) is 0 Å². The number of primary amides is 1. The van der Waals surface area contributed by atoms with Gasteiger partial charge in [-0.25, -0.2) is 5.06 Å². The number of benzene rings is 2. The number of carbonyl (C=O) groups is 3. The van der Waals surface area contributed by atoms with Crippen LogP contribution in [0.3, 0.4) is 0 Å². The number of fused-ring (bicyclic) bond motifs is 1.